The van der Waals surface area contributed by atoms with Crippen LogP contribution in [0.5, 0.6) is 0 Å². The molecule has 2 unspecified atom stereocenters. The molecule has 0 aromatic carbocycles. The summed E-state index contributed by atoms with van der Waals surface area (Å²) in [5.41, 5.74) is 5.65. The molecule has 3 N–H and O–H groups in total. The molecule has 0 aromatic heterocycles. The van der Waals surface area contributed by atoms with Crippen molar-refractivity contribution >= 4 is 0 Å². The van der Waals surface area contributed by atoms with Crippen LogP contribution in [0, 0.1) is 0 Å². The Kier molecular flexibility index (Phi) is 4.45. The van der Waals surface area contributed by atoms with E-state index in [0.29, 0.717) is 6.04 Å². The maximum absolute atomic E-state index is 10.6. The standard InChI is InChI=1S/C14H28N2O/c1-12(15)13-7-3-6-10-16(13)11-14(17)8-4-2-5-9-14/h12-13,17H,2-11,15H2,1H3. The third-order valence-electron chi connectivity index (χ3n) is 4.55. The molecule has 3 nitrogen and oxygen atoms in total. The quantitative estimate of drug-likeness (QED) is 0.792. The third kappa shape index (κ3) is 3.43. The summed E-state index contributed by atoms with van der Waals surface area (Å²) >= 11 is 0. The van der Waals surface area contributed by atoms with Gasteiger partial charge in [0.1, 0.15) is 0 Å². The molecule has 1 aliphatic carbocycles. The van der Waals surface area contributed by atoms with Crippen molar-refractivity contribution in [1.82, 2.24) is 4.90 Å². The monoisotopic (exact) mass is 240 g/mol. The lowest BCUT2D eigenvalue weighted by Gasteiger charge is -2.44. The Hall–Kier alpha value is -0.120. The Morgan fingerprint density at radius 2 is 1.94 bits per heavy atom. The van der Waals surface area contributed by atoms with Gasteiger partial charge in [0.25, 0.3) is 0 Å². The maximum Gasteiger partial charge on any atom is 0.0774 e. The molecular weight excluding hydrogens is 212 g/mol. The second-order valence-corrected chi connectivity index (χ2v) is 6.18. The summed E-state index contributed by atoms with van der Waals surface area (Å²) in [4.78, 5) is 2.46. The van der Waals surface area contributed by atoms with Crippen LogP contribution in [0.4, 0.5) is 0 Å². The van der Waals surface area contributed by atoms with Crippen molar-refractivity contribution in [3.63, 3.8) is 0 Å². The maximum atomic E-state index is 10.6. The van der Waals surface area contributed by atoms with E-state index in [-0.39, 0.29) is 6.04 Å². The highest BCUT2D eigenvalue weighted by atomic mass is 16.3. The van der Waals surface area contributed by atoms with E-state index in [0.717, 1.165) is 25.9 Å². The van der Waals surface area contributed by atoms with Crippen LogP contribution in [0.1, 0.15) is 58.3 Å². The number of nitrogens with zero attached hydrogens (tertiary/aromatic N) is 1. The average molecular weight is 240 g/mol. The summed E-state index contributed by atoms with van der Waals surface area (Å²) in [6.45, 7) is 4.07. The van der Waals surface area contributed by atoms with Gasteiger partial charge in [-0.2, -0.15) is 0 Å². The molecule has 1 aliphatic heterocycles. The molecule has 0 radical (unpaired) electrons. The van der Waals surface area contributed by atoms with Gasteiger partial charge in [0.05, 0.1) is 5.60 Å². The van der Waals surface area contributed by atoms with Crippen LogP contribution in [-0.2, 0) is 0 Å². The van der Waals surface area contributed by atoms with Crippen molar-refractivity contribution in [2.75, 3.05) is 13.1 Å². The summed E-state index contributed by atoms with van der Waals surface area (Å²) < 4.78 is 0. The third-order valence-corrected chi connectivity index (χ3v) is 4.55. The number of hydrogen-bond acceptors (Lipinski definition) is 3. The largest absolute Gasteiger partial charge is 0.389 e. The van der Waals surface area contributed by atoms with Crippen LogP contribution in [0.25, 0.3) is 0 Å². The van der Waals surface area contributed by atoms with Gasteiger partial charge >= 0.3 is 0 Å². The second-order valence-electron chi connectivity index (χ2n) is 6.18. The Labute approximate surface area is 105 Å². The smallest absolute Gasteiger partial charge is 0.0774 e. The minimum Gasteiger partial charge on any atom is -0.389 e. The lowest BCUT2D eigenvalue weighted by molar-refractivity contribution is -0.0442. The highest BCUT2D eigenvalue weighted by Crippen LogP contribution is 2.31. The summed E-state index contributed by atoms with van der Waals surface area (Å²) in [5, 5.41) is 10.6. The SMILES string of the molecule is CC(N)C1CCCCN1CC1(O)CCCCC1. The molecule has 2 aliphatic rings. The second kappa shape index (κ2) is 5.68. The predicted octanol–water partition coefficient (Wildman–Crippen LogP) is 1.88. The summed E-state index contributed by atoms with van der Waals surface area (Å²) in [6.07, 6.45) is 9.39. The Balaban J connectivity index is 1.94. The van der Waals surface area contributed by atoms with Gasteiger partial charge in [-0.15, -0.1) is 0 Å². The Morgan fingerprint density at radius 3 is 2.59 bits per heavy atom. The lowest BCUT2D eigenvalue weighted by atomic mass is 9.83. The first-order valence-corrected chi connectivity index (χ1v) is 7.33. The van der Waals surface area contributed by atoms with E-state index >= 15 is 0 Å². The van der Waals surface area contributed by atoms with Crippen LogP contribution < -0.4 is 5.73 Å². The predicted molar refractivity (Wildman–Crippen MR) is 70.9 cm³/mol. The molecule has 2 rings (SSSR count). The van der Waals surface area contributed by atoms with Gasteiger partial charge in [-0.25, -0.2) is 0 Å². The van der Waals surface area contributed by atoms with Crippen molar-refractivity contribution in [1.29, 1.82) is 0 Å². The van der Waals surface area contributed by atoms with Crippen molar-refractivity contribution in [3.8, 4) is 0 Å². The van der Waals surface area contributed by atoms with E-state index in [9.17, 15) is 5.11 Å². The van der Waals surface area contributed by atoms with Crippen molar-refractivity contribution < 1.29 is 5.11 Å². The zero-order chi connectivity index (χ0) is 12.3. The van der Waals surface area contributed by atoms with Gasteiger partial charge in [0.2, 0.25) is 0 Å². The number of hydrogen-bond donors (Lipinski definition) is 2. The zero-order valence-corrected chi connectivity index (χ0v) is 11.2. The van der Waals surface area contributed by atoms with Gasteiger partial charge < -0.3 is 10.8 Å². The molecule has 0 amide bonds. The molecule has 1 saturated carbocycles. The topological polar surface area (TPSA) is 49.5 Å². The summed E-state index contributed by atoms with van der Waals surface area (Å²) in [5.74, 6) is 0. The molecule has 3 heteroatoms. The first kappa shape index (κ1) is 13.3. The zero-order valence-electron chi connectivity index (χ0n) is 11.2. The number of piperidine rings is 1. The molecule has 0 bridgehead atoms. The molecule has 2 fully saturated rings. The molecule has 0 spiro atoms. The number of rotatable bonds is 3. The first-order chi connectivity index (χ1) is 8.11. The highest BCUT2D eigenvalue weighted by Gasteiger charge is 2.35. The highest BCUT2D eigenvalue weighted by molar-refractivity contribution is 4.91. The van der Waals surface area contributed by atoms with Crippen LogP contribution in [-0.4, -0.2) is 40.8 Å². The van der Waals surface area contributed by atoms with Gasteiger partial charge in [0, 0.05) is 18.6 Å². The normalized spacial score (nSPS) is 32.3. The van der Waals surface area contributed by atoms with Crippen molar-refractivity contribution in [2.45, 2.75) is 76.0 Å². The number of likely N-dealkylation sites (tertiary alicyclic amines) is 1. The van der Waals surface area contributed by atoms with Crippen molar-refractivity contribution in [3.05, 3.63) is 0 Å². The van der Waals surface area contributed by atoms with E-state index < -0.39 is 5.60 Å². The Morgan fingerprint density at radius 1 is 1.24 bits per heavy atom. The fourth-order valence-corrected chi connectivity index (χ4v) is 3.55. The molecule has 1 heterocycles. The van der Waals surface area contributed by atoms with Gasteiger partial charge in [0.15, 0.2) is 0 Å². The summed E-state index contributed by atoms with van der Waals surface area (Å²) in [7, 11) is 0. The van der Waals surface area contributed by atoms with E-state index in [1.165, 1.54) is 38.5 Å². The van der Waals surface area contributed by atoms with Crippen LogP contribution >= 0.6 is 0 Å². The molecule has 1 saturated heterocycles. The fourth-order valence-electron chi connectivity index (χ4n) is 3.55. The van der Waals surface area contributed by atoms with Crippen LogP contribution in [0.3, 0.4) is 0 Å². The molecule has 17 heavy (non-hydrogen) atoms. The molecular formula is C14H28N2O. The van der Waals surface area contributed by atoms with Gasteiger partial charge in [-0.3, -0.25) is 4.90 Å². The molecule has 2 atom stereocenters. The van der Waals surface area contributed by atoms with E-state index in [1.54, 1.807) is 0 Å². The minimum atomic E-state index is -0.428. The minimum absolute atomic E-state index is 0.225. The molecule has 0 aromatic rings. The van der Waals surface area contributed by atoms with Crippen molar-refractivity contribution in [2.24, 2.45) is 5.73 Å². The van der Waals surface area contributed by atoms with E-state index in [1.807, 2.05) is 0 Å². The number of aliphatic hydroxyl groups is 1. The van der Waals surface area contributed by atoms with Crippen LogP contribution in [0.15, 0.2) is 0 Å². The summed E-state index contributed by atoms with van der Waals surface area (Å²) in [6, 6.07) is 0.706. The number of nitrogens with two attached hydrogens (primary N) is 1. The van der Waals surface area contributed by atoms with Crippen LogP contribution in [0.2, 0.25) is 0 Å². The van der Waals surface area contributed by atoms with Gasteiger partial charge in [-0.1, -0.05) is 25.7 Å². The molecule has 100 valence electrons. The van der Waals surface area contributed by atoms with Gasteiger partial charge in [-0.05, 0) is 39.2 Å². The average Bonchev–Trinajstić information content (AvgIpc) is 2.29. The van der Waals surface area contributed by atoms with E-state index in [4.69, 9.17) is 5.73 Å². The number of β-amino-alcohol motifs (C(OH)–C–C–N with tert-alkyl or cyclic N) is 1. The Bertz CT molecular complexity index is 236. The van der Waals surface area contributed by atoms with E-state index in [2.05, 4.69) is 11.8 Å². The lowest BCUT2D eigenvalue weighted by Crippen LogP contribution is -2.55. The fraction of sp³-hybridized carbons (Fsp3) is 1.00. The first-order valence-electron chi connectivity index (χ1n) is 7.33.